The van der Waals surface area contributed by atoms with Crippen LogP contribution < -0.4 is 10.1 Å². The third-order valence-electron chi connectivity index (χ3n) is 3.96. The summed E-state index contributed by atoms with van der Waals surface area (Å²) in [6, 6.07) is 29.1. The topological polar surface area (TPSA) is 9.23 Å². The number of hydrogen-bond donors (Lipinski definition) is 0. The molecule has 0 saturated carbocycles. The highest BCUT2D eigenvalue weighted by Gasteiger charge is 2.26. The van der Waals surface area contributed by atoms with Crippen LogP contribution in [-0.2, 0) is 0 Å². The van der Waals surface area contributed by atoms with E-state index in [1.807, 2.05) is 24.3 Å². The van der Waals surface area contributed by atoms with Gasteiger partial charge in [-0.1, -0.05) is 84.8 Å². The minimum Gasteiger partial charge on any atom is -0.551 e. The number of para-hydroxylation sites is 1. The molecule has 0 spiro atoms. The molecule has 22 heavy (non-hydrogen) atoms. The van der Waals surface area contributed by atoms with Crippen LogP contribution in [-0.4, -0.2) is 6.92 Å². The summed E-state index contributed by atoms with van der Waals surface area (Å²) in [6.45, 7) is -0.0497. The van der Waals surface area contributed by atoms with Crippen LogP contribution in [0.5, 0.6) is 5.75 Å². The maximum atomic E-state index is 6.19. The Hall–Kier alpha value is -2.74. The molecular formula is C20H15BO. The van der Waals surface area contributed by atoms with E-state index in [1.165, 1.54) is 16.6 Å². The molecule has 1 heterocycles. The normalized spacial score (nSPS) is 13.1. The maximum Gasteiger partial charge on any atom is 0.419 e. The van der Waals surface area contributed by atoms with Gasteiger partial charge < -0.3 is 4.65 Å². The first-order valence-electron chi connectivity index (χ1n) is 7.50. The van der Waals surface area contributed by atoms with Gasteiger partial charge in [0.1, 0.15) is 5.75 Å². The molecule has 0 aliphatic carbocycles. The summed E-state index contributed by atoms with van der Waals surface area (Å²) in [4.78, 5) is 0. The predicted octanol–water partition coefficient (Wildman–Crippen LogP) is 3.95. The smallest absolute Gasteiger partial charge is 0.419 e. The summed E-state index contributed by atoms with van der Waals surface area (Å²) >= 11 is 0. The van der Waals surface area contributed by atoms with Crippen LogP contribution in [0.1, 0.15) is 11.1 Å². The molecule has 0 unspecified atom stereocenters. The first kappa shape index (κ1) is 13.0. The van der Waals surface area contributed by atoms with Crippen molar-refractivity contribution in [2.75, 3.05) is 0 Å². The number of benzene rings is 3. The summed E-state index contributed by atoms with van der Waals surface area (Å²) in [5, 5.41) is 0. The van der Waals surface area contributed by atoms with Crippen molar-refractivity contribution in [2.24, 2.45) is 0 Å². The molecule has 0 atom stereocenters. The van der Waals surface area contributed by atoms with E-state index in [9.17, 15) is 0 Å². The molecule has 2 heteroatoms. The Kier molecular flexibility index (Phi) is 3.28. The quantitative estimate of drug-likeness (QED) is 0.647. The zero-order valence-corrected chi connectivity index (χ0v) is 12.1. The largest absolute Gasteiger partial charge is 0.551 e. The number of fused-ring (bicyclic) bond motifs is 1. The molecule has 4 rings (SSSR count). The molecule has 104 valence electrons. The van der Waals surface area contributed by atoms with Crippen LogP contribution in [0.25, 0.3) is 5.57 Å². The molecule has 0 N–H and O–H groups in total. The van der Waals surface area contributed by atoms with Gasteiger partial charge in [0.2, 0.25) is 0 Å². The lowest BCUT2D eigenvalue weighted by Gasteiger charge is -2.24. The fraction of sp³-hybridized carbons (Fsp3) is 0. The highest BCUT2D eigenvalue weighted by Crippen LogP contribution is 2.34. The van der Waals surface area contributed by atoms with Crippen LogP contribution in [0.3, 0.4) is 0 Å². The molecule has 1 nitrogen and oxygen atoms in total. The van der Waals surface area contributed by atoms with Crippen molar-refractivity contribution in [1.29, 1.82) is 0 Å². The molecule has 3 aromatic rings. The zero-order valence-electron chi connectivity index (χ0n) is 12.1. The van der Waals surface area contributed by atoms with E-state index in [0.717, 1.165) is 11.3 Å². The second-order valence-corrected chi connectivity index (χ2v) is 5.39. The average molecular weight is 282 g/mol. The lowest BCUT2D eigenvalue weighted by molar-refractivity contribution is 0.585. The molecule has 0 fully saturated rings. The molecule has 0 saturated heterocycles. The monoisotopic (exact) mass is 282 g/mol. The van der Waals surface area contributed by atoms with Gasteiger partial charge in [-0.2, -0.15) is 0 Å². The van der Waals surface area contributed by atoms with E-state index >= 15 is 0 Å². The Morgan fingerprint density at radius 1 is 0.636 bits per heavy atom. The maximum absolute atomic E-state index is 6.19. The Balaban J connectivity index is 1.86. The van der Waals surface area contributed by atoms with Crippen molar-refractivity contribution in [3.05, 3.63) is 102 Å². The van der Waals surface area contributed by atoms with E-state index in [4.69, 9.17) is 4.65 Å². The number of rotatable bonds is 2. The second kappa shape index (κ2) is 5.57. The van der Waals surface area contributed by atoms with Crippen molar-refractivity contribution in [3.63, 3.8) is 0 Å². The minimum atomic E-state index is -0.0497. The van der Waals surface area contributed by atoms with E-state index in [0.29, 0.717) is 0 Å². The lowest BCUT2D eigenvalue weighted by atomic mass is 9.58. The van der Waals surface area contributed by atoms with E-state index in [-0.39, 0.29) is 6.92 Å². The third kappa shape index (κ3) is 2.33. The standard InChI is InChI=1S/C20H15BO/c1-3-9-16(10-4-1)19-15-21(17-11-5-2-6-12-17)22-20-14-8-7-13-18(19)20/h1-15H. The summed E-state index contributed by atoms with van der Waals surface area (Å²) in [5.41, 5.74) is 4.78. The molecule has 0 bridgehead atoms. The van der Waals surface area contributed by atoms with Crippen LogP contribution >= 0.6 is 0 Å². The van der Waals surface area contributed by atoms with Gasteiger partial charge >= 0.3 is 6.92 Å². The summed E-state index contributed by atoms with van der Waals surface area (Å²) < 4.78 is 6.19. The second-order valence-electron chi connectivity index (χ2n) is 5.39. The van der Waals surface area contributed by atoms with Crippen LogP contribution in [0, 0.1) is 0 Å². The molecule has 0 radical (unpaired) electrons. The zero-order chi connectivity index (χ0) is 14.8. The third-order valence-corrected chi connectivity index (χ3v) is 3.96. The fourth-order valence-corrected chi connectivity index (χ4v) is 2.88. The van der Waals surface area contributed by atoms with Gasteiger partial charge in [0.15, 0.2) is 0 Å². The van der Waals surface area contributed by atoms with Crippen LogP contribution in [0.2, 0.25) is 0 Å². The van der Waals surface area contributed by atoms with Crippen molar-refractivity contribution in [3.8, 4) is 5.75 Å². The Labute approximate surface area is 131 Å². The van der Waals surface area contributed by atoms with Crippen molar-refractivity contribution >= 4 is 18.0 Å². The Bertz CT molecular complexity index is 809. The van der Waals surface area contributed by atoms with Gasteiger partial charge in [-0.05, 0) is 22.7 Å². The first-order chi connectivity index (χ1) is 10.9. The first-order valence-corrected chi connectivity index (χ1v) is 7.50. The van der Waals surface area contributed by atoms with Crippen LogP contribution in [0.15, 0.2) is 90.9 Å². The highest BCUT2D eigenvalue weighted by molar-refractivity contribution is 6.74. The fourth-order valence-electron chi connectivity index (χ4n) is 2.88. The van der Waals surface area contributed by atoms with E-state index in [2.05, 4.69) is 66.6 Å². The SMILES string of the molecule is C1=C(c2ccccc2)c2ccccc2OB1c1ccccc1. The average Bonchev–Trinajstić information content (AvgIpc) is 2.62. The Morgan fingerprint density at radius 2 is 1.27 bits per heavy atom. The predicted molar refractivity (Wildman–Crippen MR) is 92.4 cm³/mol. The number of hydrogen-bond acceptors (Lipinski definition) is 1. The highest BCUT2D eigenvalue weighted by atomic mass is 16.4. The Morgan fingerprint density at radius 3 is 2.05 bits per heavy atom. The lowest BCUT2D eigenvalue weighted by Crippen LogP contribution is -2.37. The van der Waals surface area contributed by atoms with Gasteiger partial charge in [0.25, 0.3) is 0 Å². The van der Waals surface area contributed by atoms with Gasteiger partial charge in [0, 0.05) is 5.56 Å². The van der Waals surface area contributed by atoms with Crippen molar-refractivity contribution in [2.45, 2.75) is 0 Å². The molecule has 1 aliphatic rings. The van der Waals surface area contributed by atoms with Gasteiger partial charge in [-0.25, -0.2) is 0 Å². The summed E-state index contributed by atoms with van der Waals surface area (Å²) in [6.07, 6.45) is 0. The van der Waals surface area contributed by atoms with Crippen LogP contribution in [0.4, 0.5) is 0 Å². The van der Waals surface area contributed by atoms with E-state index < -0.39 is 0 Å². The molecular weight excluding hydrogens is 267 g/mol. The van der Waals surface area contributed by atoms with Crippen molar-refractivity contribution < 1.29 is 4.65 Å². The van der Waals surface area contributed by atoms with Gasteiger partial charge in [-0.15, -0.1) is 0 Å². The minimum absolute atomic E-state index is 0.0497. The molecule has 3 aromatic carbocycles. The molecule has 1 aliphatic heterocycles. The van der Waals surface area contributed by atoms with Gasteiger partial charge in [-0.3, -0.25) is 0 Å². The molecule has 0 aromatic heterocycles. The van der Waals surface area contributed by atoms with E-state index in [1.54, 1.807) is 0 Å². The van der Waals surface area contributed by atoms with Crippen molar-refractivity contribution in [1.82, 2.24) is 0 Å². The summed E-state index contributed by atoms with van der Waals surface area (Å²) in [5.74, 6) is 3.16. The summed E-state index contributed by atoms with van der Waals surface area (Å²) in [7, 11) is 0. The van der Waals surface area contributed by atoms with Gasteiger partial charge in [0.05, 0.1) is 0 Å². The molecule has 0 amide bonds.